The van der Waals surface area contributed by atoms with E-state index < -0.39 is 14.7 Å². The van der Waals surface area contributed by atoms with Gasteiger partial charge in [0.25, 0.3) is 0 Å². The van der Waals surface area contributed by atoms with E-state index in [1.54, 1.807) is 30.6 Å². The number of rotatable bonds is 2. The van der Waals surface area contributed by atoms with Gasteiger partial charge in [0.2, 0.25) is 0 Å². The number of benzene rings is 1. The van der Waals surface area contributed by atoms with E-state index in [1.165, 1.54) is 0 Å². The van der Waals surface area contributed by atoms with Gasteiger partial charge in [0, 0.05) is 6.20 Å². The summed E-state index contributed by atoms with van der Waals surface area (Å²) >= 11 is -1.92. The summed E-state index contributed by atoms with van der Waals surface area (Å²) in [6, 6.07) is 12.5. The van der Waals surface area contributed by atoms with Crippen LogP contribution in [0.5, 0.6) is 5.75 Å². The predicted octanol–water partition coefficient (Wildman–Crippen LogP) is 4.60. The molecule has 2 aromatic rings. The van der Waals surface area contributed by atoms with Crippen molar-refractivity contribution in [2.75, 3.05) is 0 Å². The third kappa shape index (κ3) is 7.55. The Morgan fingerprint density at radius 2 is 1.68 bits per heavy atom. The van der Waals surface area contributed by atoms with Crippen LogP contribution in [0.3, 0.4) is 0 Å². The zero-order chi connectivity index (χ0) is 14.1. The van der Waals surface area contributed by atoms with Crippen LogP contribution in [-0.2, 0) is 14.7 Å². The molecule has 3 nitrogen and oxygen atoms in total. The second-order valence-corrected chi connectivity index (χ2v) is 11.0. The van der Waals surface area contributed by atoms with Gasteiger partial charge in [0.1, 0.15) is 11.4 Å². The quantitative estimate of drug-likeness (QED) is 0.634. The molecule has 0 fully saturated rings. The van der Waals surface area contributed by atoms with Crippen molar-refractivity contribution in [2.24, 2.45) is 4.99 Å². The SMILES string of the molecule is Oc1ccccc1N=Cc1ccccn1.[Cl][Ti]([Cl])[Cl]. The fourth-order valence-corrected chi connectivity index (χ4v) is 1.16. The van der Waals surface area contributed by atoms with Crippen molar-refractivity contribution in [3.8, 4) is 5.75 Å². The number of phenols is 1. The van der Waals surface area contributed by atoms with Crippen LogP contribution in [0.15, 0.2) is 53.7 Å². The Balaban J connectivity index is 0.000000399. The van der Waals surface area contributed by atoms with Crippen molar-refractivity contribution in [3.05, 3.63) is 54.4 Å². The van der Waals surface area contributed by atoms with Crippen LogP contribution >= 0.6 is 27.9 Å². The number of halogens is 3. The Bertz CT molecular complexity index is 521. The number of aromatic nitrogens is 1. The molecule has 2 rings (SSSR count). The molecule has 0 radical (unpaired) electrons. The van der Waals surface area contributed by atoms with Crippen molar-refractivity contribution >= 4 is 39.8 Å². The molecule has 19 heavy (non-hydrogen) atoms. The number of phenolic OH excluding ortho intramolecular Hbond substituents is 1. The molecule has 1 aromatic heterocycles. The standard InChI is InChI=1S/C12H10N2O.3ClH.Ti/c15-12-7-2-1-6-11(12)14-9-10-5-3-4-8-13-10;;;;/h1-9,15H;3*1H;/q;;;;+3/p-3. The summed E-state index contributed by atoms with van der Waals surface area (Å²) in [7, 11) is 14.9. The molecule has 0 saturated heterocycles. The summed E-state index contributed by atoms with van der Waals surface area (Å²) in [5, 5.41) is 9.45. The van der Waals surface area contributed by atoms with Crippen LogP contribution in [0.25, 0.3) is 0 Å². The van der Waals surface area contributed by atoms with Crippen molar-refractivity contribution < 1.29 is 19.8 Å². The fourth-order valence-electron chi connectivity index (χ4n) is 1.16. The van der Waals surface area contributed by atoms with Crippen molar-refractivity contribution in [2.45, 2.75) is 0 Å². The Morgan fingerprint density at radius 3 is 2.26 bits per heavy atom. The molecule has 0 aliphatic rings. The van der Waals surface area contributed by atoms with Gasteiger partial charge in [-0.15, -0.1) is 0 Å². The normalized spacial score (nSPS) is 9.84. The molecule has 0 unspecified atom stereocenters. The van der Waals surface area contributed by atoms with Crippen molar-refractivity contribution in [3.63, 3.8) is 0 Å². The summed E-state index contributed by atoms with van der Waals surface area (Å²) in [6.45, 7) is 0. The molecule has 0 amide bonds. The summed E-state index contributed by atoms with van der Waals surface area (Å²) in [5.74, 6) is 0.171. The van der Waals surface area contributed by atoms with Crippen LogP contribution < -0.4 is 0 Å². The first-order valence-electron chi connectivity index (χ1n) is 5.16. The molecule has 0 spiro atoms. The van der Waals surface area contributed by atoms with E-state index in [1.807, 2.05) is 24.3 Å². The molecule has 1 N–H and O–H groups in total. The van der Waals surface area contributed by atoms with Gasteiger partial charge in [-0.25, -0.2) is 0 Å². The average Bonchev–Trinajstić information content (AvgIpc) is 2.38. The monoisotopic (exact) mass is 351 g/mol. The van der Waals surface area contributed by atoms with Gasteiger partial charge < -0.3 is 5.11 Å². The average molecular weight is 352 g/mol. The molecular formula is C12H10Cl3N2OTi. The Labute approximate surface area is 129 Å². The summed E-state index contributed by atoms with van der Waals surface area (Å²) < 4.78 is 0. The van der Waals surface area contributed by atoms with Crippen LogP contribution in [-0.4, -0.2) is 16.3 Å². The van der Waals surface area contributed by atoms with Gasteiger partial charge in [0.05, 0.1) is 11.9 Å². The number of hydrogen-bond acceptors (Lipinski definition) is 3. The molecule has 0 bridgehead atoms. The molecular weight excluding hydrogens is 342 g/mol. The fraction of sp³-hybridized carbons (Fsp3) is 0. The first kappa shape index (κ1) is 16.5. The Morgan fingerprint density at radius 1 is 1.05 bits per heavy atom. The second-order valence-electron chi connectivity index (χ2n) is 3.22. The van der Waals surface area contributed by atoms with E-state index in [0.29, 0.717) is 5.69 Å². The van der Waals surface area contributed by atoms with Gasteiger partial charge >= 0.3 is 42.6 Å². The van der Waals surface area contributed by atoms with Crippen LogP contribution in [0.4, 0.5) is 5.69 Å². The molecule has 0 aliphatic heterocycles. The third-order valence-corrected chi connectivity index (χ3v) is 1.91. The zero-order valence-corrected chi connectivity index (χ0v) is 13.5. The molecule has 1 heterocycles. The van der Waals surface area contributed by atoms with E-state index in [2.05, 4.69) is 9.98 Å². The van der Waals surface area contributed by atoms with Crippen LogP contribution in [0, 0.1) is 0 Å². The Kier molecular flexibility index (Phi) is 8.11. The van der Waals surface area contributed by atoms with Gasteiger partial charge in [0.15, 0.2) is 0 Å². The maximum atomic E-state index is 9.45. The van der Waals surface area contributed by atoms with Crippen molar-refractivity contribution in [1.82, 2.24) is 4.98 Å². The van der Waals surface area contributed by atoms with E-state index >= 15 is 0 Å². The molecule has 0 atom stereocenters. The Hall–Kier alpha value is -0.576. The zero-order valence-electron chi connectivity index (χ0n) is 9.67. The summed E-state index contributed by atoms with van der Waals surface area (Å²) in [4.78, 5) is 8.23. The minimum atomic E-state index is -1.92. The van der Waals surface area contributed by atoms with Gasteiger partial charge in [-0.2, -0.15) is 0 Å². The molecule has 0 saturated carbocycles. The minimum absolute atomic E-state index is 0.171. The van der Waals surface area contributed by atoms with Crippen LogP contribution in [0.1, 0.15) is 5.69 Å². The molecule has 99 valence electrons. The number of para-hydroxylation sites is 2. The van der Waals surface area contributed by atoms with Gasteiger partial charge in [-0.05, 0) is 24.3 Å². The first-order chi connectivity index (χ1) is 9.09. The predicted molar refractivity (Wildman–Crippen MR) is 77.2 cm³/mol. The number of nitrogens with zero attached hydrogens (tertiary/aromatic N) is 2. The van der Waals surface area contributed by atoms with E-state index in [-0.39, 0.29) is 5.75 Å². The van der Waals surface area contributed by atoms with E-state index in [4.69, 9.17) is 27.9 Å². The first-order valence-corrected chi connectivity index (χ1v) is 11.6. The number of hydrogen-bond donors (Lipinski definition) is 1. The summed E-state index contributed by atoms with van der Waals surface area (Å²) in [5.41, 5.74) is 1.31. The summed E-state index contributed by atoms with van der Waals surface area (Å²) in [6.07, 6.45) is 3.32. The maximum absolute atomic E-state index is 9.45. The topological polar surface area (TPSA) is 45.5 Å². The molecule has 7 heteroatoms. The number of aromatic hydroxyl groups is 1. The molecule has 0 aliphatic carbocycles. The number of pyridine rings is 1. The third-order valence-electron chi connectivity index (χ3n) is 1.91. The molecule has 1 aromatic carbocycles. The van der Waals surface area contributed by atoms with Crippen molar-refractivity contribution in [1.29, 1.82) is 0 Å². The van der Waals surface area contributed by atoms with E-state index in [0.717, 1.165) is 5.69 Å². The second kappa shape index (κ2) is 9.35. The van der Waals surface area contributed by atoms with Crippen LogP contribution in [0.2, 0.25) is 0 Å². The number of aliphatic imine (C=N–C) groups is 1. The van der Waals surface area contributed by atoms with E-state index in [9.17, 15) is 5.11 Å². The van der Waals surface area contributed by atoms with Gasteiger partial charge in [-0.1, -0.05) is 18.2 Å². The van der Waals surface area contributed by atoms with Gasteiger partial charge in [-0.3, -0.25) is 9.98 Å².